The van der Waals surface area contributed by atoms with Crippen LogP contribution < -0.4 is 21.5 Å². The van der Waals surface area contributed by atoms with Gasteiger partial charge in [-0.25, -0.2) is 0 Å². The molecule has 1 aliphatic heterocycles. The summed E-state index contributed by atoms with van der Waals surface area (Å²) in [7, 11) is 0. The molecule has 0 bridgehead atoms. The number of ether oxygens (including phenoxy) is 1. The van der Waals surface area contributed by atoms with E-state index in [9.17, 15) is 9.59 Å². The molecule has 162 valence electrons. The normalized spacial score (nSPS) is 16.8. The average molecular weight is 442 g/mol. The highest BCUT2D eigenvalue weighted by atomic mass is 35.5. The molecule has 8 nitrogen and oxygen atoms in total. The molecule has 0 radical (unpaired) electrons. The molecule has 1 atom stereocenters. The SMILES string of the molecule is N=C(/C(C(N)=O)=C(/N)NC1CCCN(C=O)C1)c1ccc(Oc2ccc(Cl)cc2)cc1. The first kappa shape index (κ1) is 22.2. The Morgan fingerprint density at radius 1 is 1.13 bits per heavy atom. The smallest absolute Gasteiger partial charge is 0.254 e. The number of rotatable bonds is 8. The number of carbonyl (C=O) groups is 2. The second kappa shape index (κ2) is 9.99. The highest BCUT2D eigenvalue weighted by molar-refractivity contribution is 6.30. The number of primary amides is 1. The summed E-state index contributed by atoms with van der Waals surface area (Å²) in [5, 5.41) is 12.1. The number of piperidine rings is 1. The molecule has 1 aliphatic rings. The second-order valence-electron chi connectivity index (χ2n) is 7.19. The first-order valence-electron chi connectivity index (χ1n) is 9.75. The van der Waals surface area contributed by atoms with E-state index in [2.05, 4.69) is 5.32 Å². The second-order valence-corrected chi connectivity index (χ2v) is 7.63. The number of nitrogens with two attached hydrogens (primary N) is 2. The van der Waals surface area contributed by atoms with Crippen molar-refractivity contribution in [2.75, 3.05) is 13.1 Å². The van der Waals surface area contributed by atoms with Crippen LogP contribution in [0.2, 0.25) is 5.02 Å². The Morgan fingerprint density at radius 3 is 2.32 bits per heavy atom. The van der Waals surface area contributed by atoms with Crippen LogP contribution in [-0.4, -0.2) is 42.1 Å². The zero-order chi connectivity index (χ0) is 22.4. The van der Waals surface area contributed by atoms with Crippen molar-refractivity contribution in [3.63, 3.8) is 0 Å². The van der Waals surface area contributed by atoms with Crippen LogP contribution in [0.15, 0.2) is 59.9 Å². The molecule has 1 unspecified atom stereocenters. The number of halogens is 1. The Kier molecular flexibility index (Phi) is 7.15. The first-order chi connectivity index (χ1) is 14.9. The molecule has 9 heteroatoms. The van der Waals surface area contributed by atoms with Crippen LogP contribution in [0.4, 0.5) is 0 Å². The summed E-state index contributed by atoms with van der Waals surface area (Å²) < 4.78 is 5.74. The van der Waals surface area contributed by atoms with Crippen molar-refractivity contribution in [1.29, 1.82) is 5.41 Å². The molecule has 31 heavy (non-hydrogen) atoms. The lowest BCUT2D eigenvalue weighted by Gasteiger charge is -2.31. The van der Waals surface area contributed by atoms with E-state index in [0.29, 0.717) is 35.2 Å². The number of likely N-dealkylation sites (tertiary alicyclic amines) is 1. The Balaban J connectivity index is 1.74. The number of amides is 2. The minimum atomic E-state index is -0.806. The zero-order valence-electron chi connectivity index (χ0n) is 16.8. The van der Waals surface area contributed by atoms with Crippen LogP contribution >= 0.6 is 11.6 Å². The molecular formula is C22H24ClN5O3. The monoisotopic (exact) mass is 441 g/mol. The molecule has 0 saturated carbocycles. The Morgan fingerprint density at radius 2 is 1.74 bits per heavy atom. The third-order valence-electron chi connectivity index (χ3n) is 4.92. The molecule has 1 fully saturated rings. The number of nitrogens with one attached hydrogen (secondary N) is 2. The summed E-state index contributed by atoms with van der Waals surface area (Å²) in [5.41, 5.74) is 11.9. The van der Waals surface area contributed by atoms with Gasteiger partial charge in [0.2, 0.25) is 6.41 Å². The van der Waals surface area contributed by atoms with Gasteiger partial charge in [-0.05, 0) is 61.4 Å². The summed E-state index contributed by atoms with van der Waals surface area (Å²) in [6, 6.07) is 13.5. The summed E-state index contributed by atoms with van der Waals surface area (Å²) in [6.07, 6.45) is 2.40. The maximum absolute atomic E-state index is 12.1. The highest BCUT2D eigenvalue weighted by Gasteiger charge is 2.23. The lowest BCUT2D eigenvalue weighted by molar-refractivity contribution is -0.119. The van der Waals surface area contributed by atoms with Crippen molar-refractivity contribution in [3.8, 4) is 11.5 Å². The molecule has 0 spiro atoms. The largest absolute Gasteiger partial charge is 0.457 e. The molecule has 2 aromatic rings. The van der Waals surface area contributed by atoms with Gasteiger partial charge in [0.05, 0.1) is 5.71 Å². The van der Waals surface area contributed by atoms with E-state index in [1.165, 1.54) is 0 Å². The molecule has 2 amide bonds. The van der Waals surface area contributed by atoms with E-state index in [-0.39, 0.29) is 23.1 Å². The van der Waals surface area contributed by atoms with Crippen molar-refractivity contribution in [1.82, 2.24) is 10.2 Å². The predicted molar refractivity (Wildman–Crippen MR) is 119 cm³/mol. The Hall–Kier alpha value is -3.52. The van der Waals surface area contributed by atoms with Gasteiger partial charge in [-0.3, -0.25) is 15.0 Å². The Bertz CT molecular complexity index is 989. The van der Waals surface area contributed by atoms with Gasteiger partial charge in [0.25, 0.3) is 5.91 Å². The third kappa shape index (κ3) is 5.76. The molecule has 0 aliphatic carbocycles. The van der Waals surface area contributed by atoms with E-state index in [1.54, 1.807) is 53.4 Å². The topological polar surface area (TPSA) is 135 Å². The number of carbonyl (C=O) groups excluding carboxylic acids is 2. The van der Waals surface area contributed by atoms with Crippen LogP contribution in [-0.2, 0) is 9.59 Å². The van der Waals surface area contributed by atoms with Crippen molar-refractivity contribution in [2.45, 2.75) is 18.9 Å². The summed E-state index contributed by atoms with van der Waals surface area (Å²) in [5.74, 6) is 0.400. The van der Waals surface area contributed by atoms with E-state index in [0.717, 1.165) is 19.3 Å². The summed E-state index contributed by atoms with van der Waals surface area (Å²) in [4.78, 5) is 24.7. The van der Waals surface area contributed by atoms with Crippen LogP contribution in [0, 0.1) is 5.41 Å². The summed E-state index contributed by atoms with van der Waals surface area (Å²) >= 11 is 5.87. The standard InChI is InChI=1S/C22H24ClN5O3/c23-15-5-9-18(10-6-15)31-17-7-3-14(4-8-17)20(24)19(22(26)30)21(25)27-16-2-1-11-28(12-16)13-29/h3-10,13,16,24,27H,1-2,11-12,25H2,(H2,26,30)/b21-19+,24-20?. The Labute approximate surface area is 185 Å². The number of nitrogens with zero attached hydrogens (tertiary/aromatic N) is 1. The minimum absolute atomic E-state index is 0.0248. The van der Waals surface area contributed by atoms with Gasteiger partial charge >= 0.3 is 0 Å². The van der Waals surface area contributed by atoms with E-state index in [1.807, 2.05) is 0 Å². The van der Waals surface area contributed by atoms with E-state index >= 15 is 0 Å². The van der Waals surface area contributed by atoms with Crippen LogP contribution in [0.3, 0.4) is 0 Å². The maximum atomic E-state index is 12.1. The van der Waals surface area contributed by atoms with Gasteiger partial charge in [-0.1, -0.05) is 11.6 Å². The van der Waals surface area contributed by atoms with Gasteiger partial charge in [0, 0.05) is 29.7 Å². The van der Waals surface area contributed by atoms with Crippen molar-refractivity contribution < 1.29 is 14.3 Å². The van der Waals surface area contributed by atoms with E-state index in [4.69, 9.17) is 33.2 Å². The van der Waals surface area contributed by atoms with Crippen LogP contribution in [0.1, 0.15) is 18.4 Å². The summed E-state index contributed by atoms with van der Waals surface area (Å²) in [6.45, 7) is 1.16. The van der Waals surface area contributed by atoms with E-state index < -0.39 is 5.91 Å². The average Bonchev–Trinajstić information content (AvgIpc) is 2.75. The van der Waals surface area contributed by atoms with Gasteiger partial charge in [-0.15, -0.1) is 0 Å². The van der Waals surface area contributed by atoms with Gasteiger partial charge in [0.15, 0.2) is 0 Å². The molecule has 6 N–H and O–H groups in total. The van der Waals surface area contributed by atoms with Gasteiger partial charge in [-0.2, -0.15) is 0 Å². The molecule has 1 saturated heterocycles. The lowest BCUT2D eigenvalue weighted by Crippen LogP contribution is -2.47. The first-order valence-corrected chi connectivity index (χ1v) is 10.1. The van der Waals surface area contributed by atoms with Crippen molar-refractivity contribution in [3.05, 3.63) is 70.5 Å². The molecule has 1 heterocycles. The van der Waals surface area contributed by atoms with Crippen molar-refractivity contribution >= 4 is 29.6 Å². The fourth-order valence-electron chi connectivity index (χ4n) is 3.38. The zero-order valence-corrected chi connectivity index (χ0v) is 17.6. The van der Waals surface area contributed by atoms with Crippen LogP contribution in [0.25, 0.3) is 0 Å². The fraction of sp³-hybridized carbons (Fsp3) is 0.227. The molecule has 3 rings (SSSR count). The quantitative estimate of drug-likeness (QED) is 0.283. The fourth-order valence-corrected chi connectivity index (χ4v) is 3.50. The van der Waals surface area contributed by atoms with Crippen molar-refractivity contribution in [2.24, 2.45) is 11.5 Å². The minimum Gasteiger partial charge on any atom is -0.457 e. The number of hydrogen-bond donors (Lipinski definition) is 4. The predicted octanol–water partition coefficient (Wildman–Crippen LogP) is 2.37. The van der Waals surface area contributed by atoms with Crippen LogP contribution in [0.5, 0.6) is 11.5 Å². The number of hydrogen-bond acceptors (Lipinski definition) is 6. The highest BCUT2D eigenvalue weighted by Crippen LogP contribution is 2.24. The molecule has 2 aromatic carbocycles. The maximum Gasteiger partial charge on any atom is 0.254 e. The number of benzene rings is 2. The van der Waals surface area contributed by atoms with Gasteiger partial charge in [0.1, 0.15) is 22.9 Å². The van der Waals surface area contributed by atoms with Gasteiger partial charge < -0.3 is 26.4 Å². The molecule has 0 aromatic heterocycles. The lowest BCUT2D eigenvalue weighted by atomic mass is 10.0. The molecular weight excluding hydrogens is 418 g/mol. The third-order valence-corrected chi connectivity index (χ3v) is 5.17.